The second kappa shape index (κ2) is 6.60. The number of benzene rings is 1. The Labute approximate surface area is 113 Å². The van der Waals surface area contributed by atoms with Crippen molar-refractivity contribution >= 4 is 17.6 Å². The number of rotatable bonds is 4. The van der Waals surface area contributed by atoms with E-state index >= 15 is 0 Å². The maximum atomic E-state index is 11.8. The van der Waals surface area contributed by atoms with Crippen LogP contribution < -0.4 is 0 Å². The normalized spacial score (nSPS) is 22.7. The molecule has 0 heterocycles. The molecule has 1 aromatic rings. The molecule has 1 aliphatic carbocycles. The number of halogens is 1. The van der Waals surface area contributed by atoms with Crippen LogP contribution in [0.2, 0.25) is 0 Å². The standard InChI is InChI=1S/C15H17ClO2/c16-10-13-8-4-5-9-14(13)11-18-15(17)12-6-2-1-3-7-12/h1-7,13-14H,8-11H2. The molecule has 3 heteroatoms. The second-order valence-electron chi connectivity index (χ2n) is 4.58. The molecular formula is C15H17ClO2. The van der Waals surface area contributed by atoms with Crippen molar-refractivity contribution in [3.8, 4) is 0 Å². The predicted octanol–water partition coefficient (Wildman–Crippen LogP) is 3.66. The van der Waals surface area contributed by atoms with Gasteiger partial charge in [-0.05, 0) is 30.9 Å². The Kier molecular flexibility index (Phi) is 4.82. The first-order valence-electron chi connectivity index (χ1n) is 6.24. The van der Waals surface area contributed by atoms with Crippen LogP contribution in [0.25, 0.3) is 0 Å². The van der Waals surface area contributed by atoms with Crippen molar-refractivity contribution < 1.29 is 9.53 Å². The number of hydrogen-bond acceptors (Lipinski definition) is 2. The Morgan fingerprint density at radius 1 is 1.17 bits per heavy atom. The zero-order valence-electron chi connectivity index (χ0n) is 10.2. The average Bonchev–Trinajstić information content (AvgIpc) is 2.46. The van der Waals surface area contributed by atoms with Gasteiger partial charge in [0.1, 0.15) is 0 Å². The molecule has 1 aromatic carbocycles. The van der Waals surface area contributed by atoms with Crippen LogP contribution in [-0.2, 0) is 4.74 Å². The zero-order valence-corrected chi connectivity index (χ0v) is 11.0. The van der Waals surface area contributed by atoms with Gasteiger partial charge in [-0.25, -0.2) is 4.79 Å². The highest BCUT2D eigenvalue weighted by Gasteiger charge is 2.23. The summed E-state index contributed by atoms with van der Waals surface area (Å²) in [6, 6.07) is 9.08. The van der Waals surface area contributed by atoms with Gasteiger partial charge in [-0.1, -0.05) is 30.4 Å². The van der Waals surface area contributed by atoms with Crippen molar-refractivity contribution in [2.24, 2.45) is 11.8 Å². The van der Waals surface area contributed by atoms with Gasteiger partial charge in [0.05, 0.1) is 12.2 Å². The van der Waals surface area contributed by atoms with Crippen LogP contribution in [0, 0.1) is 11.8 Å². The van der Waals surface area contributed by atoms with Crippen molar-refractivity contribution in [3.63, 3.8) is 0 Å². The molecule has 0 N–H and O–H groups in total. The molecule has 2 atom stereocenters. The molecule has 0 aromatic heterocycles. The van der Waals surface area contributed by atoms with E-state index in [1.807, 2.05) is 18.2 Å². The lowest BCUT2D eigenvalue weighted by molar-refractivity contribution is 0.0396. The lowest BCUT2D eigenvalue weighted by Gasteiger charge is -2.26. The summed E-state index contributed by atoms with van der Waals surface area (Å²) in [6.45, 7) is 0.454. The Morgan fingerprint density at radius 2 is 1.83 bits per heavy atom. The van der Waals surface area contributed by atoms with Crippen molar-refractivity contribution in [2.75, 3.05) is 12.5 Å². The molecule has 2 unspecified atom stereocenters. The monoisotopic (exact) mass is 264 g/mol. The number of allylic oxidation sites excluding steroid dienone is 2. The number of alkyl halides is 1. The SMILES string of the molecule is O=C(OCC1CC=CCC1CCl)c1ccccc1. The summed E-state index contributed by atoms with van der Waals surface area (Å²) in [4.78, 5) is 11.8. The van der Waals surface area contributed by atoms with E-state index in [2.05, 4.69) is 12.2 Å². The Bertz CT molecular complexity index is 414. The van der Waals surface area contributed by atoms with E-state index in [0.29, 0.717) is 29.9 Å². The highest BCUT2D eigenvalue weighted by Crippen LogP contribution is 2.27. The van der Waals surface area contributed by atoms with Gasteiger partial charge in [-0.3, -0.25) is 0 Å². The first kappa shape index (κ1) is 13.2. The highest BCUT2D eigenvalue weighted by atomic mass is 35.5. The summed E-state index contributed by atoms with van der Waals surface area (Å²) in [7, 11) is 0. The van der Waals surface area contributed by atoms with Crippen LogP contribution in [0.15, 0.2) is 42.5 Å². The van der Waals surface area contributed by atoms with E-state index < -0.39 is 0 Å². The van der Waals surface area contributed by atoms with Gasteiger partial charge in [0, 0.05) is 11.8 Å². The van der Waals surface area contributed by atoms with E-state index in [1.165, 1.54) is 0 Å². The van der Waals surface area contributed by atoms with E-state index in [4.69, 9.17) is 16.3 Å². The summed E-state index contributed by atoms with van der Waals surface area (Å²) < 4.78 is 5.37. The molecule has 0 amide bonds. The maximum Gasteiger partial charge on any atom is 0.338 e. The van der Waals surface area contributed by atoms with Crippen molar-refractivity contribution in [1.82, 2.24) is 0 Å². The summed E-state index contributed by atoms with van der Waals surface area (Å²) in [5, 5.41) is 0. The van der Waals surface area contributed by atoms with Gasteiger partial charge in [0.15, 0.2) is 0 Å². The van der Waals surface area contributed by atoms with Crippen LogP contribution in [0.4, 0.5) is 0 Å². The number of carbonyl (C=O) groups is 1. The van der Waals surface area contributed by atoms with E-state index in [-0.39, 0.29) is 5.97 Å². The quantitative estimate of drug-likeness (QED) is 0.471. The summed E-state index contributed by atoms with van der Waals surface area (Å²) in [6.07, 6.45) is 6.23. The Morgan fingerprint density at radius 3 is 2.50 bits per heavy atom. The number of ether oxygens (including phenoxy) is 1. The van der Waals surface area contributed by atoms with Gasteiger partial charge < -0.3 is 4.74 Å². The molecule has 0 fully saturated rings. The molecule has 0 spiro atoms. The van der Waals surface area contributed by atoms with Crippen LogP contribution in [-0.4, -0.2) is 18.5 Å². The molecular weight excluding hydrogens is 248 g/mol. The largest absolute Gasteiger partial charge is 0.462 e. The van der Waals surface area contributed by atoms with Crippen LogP contribution in [0.3, 0.4) is 0 Å². The van der Waals surface area contributed by atoms with Gasteiger partial charge >= 0.3 is 5.97 Å². The van der Waals surface area contributed by atoms with Crippen LogP contribution in [0.5, 0.6) is 0 Å². The third-order valence-electron chi connectivity index (χ3n) is 3.35. The van der Waals surface area contributed by atoms with Crippen molar-refractivity contribution in [3.05, 3.63) is 48.0 Å². The third-order valence-corrected chi connectivity index (χ3v) is 3.74. The summed E-state index contributed by atoms with van der Waals surface area (Å²) in [5.41, 5.74) is 0.603. The lowest BCUT2D eigenvalue weighted by atomic mass is 9.85. The molecule has 0 saturated heterocycles. The molecule has 2 nitrogen and oxygen atoms in total. The number of esters is 1. The summed E-state index contributed by atoms with van der Waals surface area (Å²) in [5.74, 6) is 1.14. The van der Waals surface area contributed by atoms with Gasteiger partial charge in [0.2, 0.25) is 0 Å². The molecule has 0 bridgehead atoms. The molecule has 0 aliphatic heterocycles. The van der Waals surface area contributed by atoms with Crippen LogP contribution in [0.1, 0.15) is 23.2 Å². The van der Waals surface area contributed by atoms with Crippen molar-refractivity contribution in [2.45, 2.75) is 12.8 Å². The first-order valence-corrected chi connectivity index (χ1v) is 6.78. The van der Waals surface area contributed by atoms with Gasteiger partial charge in [-0.15, -0.1) is 11.6 Å². The van der Waals surface area contributed by atoms with Gasteiger partial charge in [-0.2, -0.15) is 0 Å². The van der Waals surface area contributed by atoms with Gasteiger partial charge in [0.25, 0.3) is 0 Å². The number of carbonyl (C=O) groups excluding carboxylic acids is 1. The second-order valence-corrected chi connectivity index (χ2v) is 4.89. The molecule has 18 heavy (non-hydrogen) atoms. The fraction of sp³-hybridized carbons (Fsp3) is 0.400. The maximum absolute atomic E-state index is 11.8. The predicted molar refractivity (Wildman–Crippen MR) is 72.8 cm³/mol. The minimum Gasteiger partial charge on any atom is -0.462 e. The fourth-order valence-electron chi connectivity index (χ4n) is 2.16. The number of hydrogen-bond donors (Lipinski definition) is 0. The third kappa shape index (κ3) is 3.36. The minimum absolute atomic E-state index is 0.251. The van der Waals surface area contributed by atoms with E-state index in [9.17, 15) is 4.79 Å². The Hall–Kier alpha value is -1.28. The molecule has 1 aliphatic rings. The fourth-order valence-corrected chi connectivity index (χ4v) is 2.54. The first-order chi connectivity index (χ1) is 8.81. The van der Waals surface area contributed by atoms with Crippen LogP contribution >= 0.6 is 11.6 Å². The molecule has 0 saturated carbocycles. The summed E-state index contributed by atoms with van der Waals surface area (Å²) >= 11 is 5.93. The average molecular weight is 265 g/mol. The highest BCUT2D eigenvalue weighted by molar-refractivity contribution is 6.18. The molecule has 2 rings (SSSR count). The van der Waals surface area contributed by atoms with E-state index in [1.54, 1.807) is 12.1 Å². The zero-order chi connectivity index (χ0) is 12.8. The Balaban J connectivity index is 1.88. The molecule has 0 radical (unpaired) electrons. The lowest BCUT2D eigenvalue weighted by Crippen LogP contribution is -2.24. The minimum atomic E-state index is -0.251. The topological polar surface area (TPSA) is 26.3 Å². The van der Waals surface area contributed by atoms with E-state index in [0.717, 1.165) is 12.8 Å². The smallest absolute Gasteiger partial charge is 0.338 e. The molecule has 96 valence electrons. The van der Waals surface area contributed by atoms with Crippen molar-refractivity contribution in [1.29, 1.82) is 0 Å².